The van der Waals surface area contributed by atoms with E-state index in [-0.39, 0.29) is 17.4 Å². The van der Waals surface area contributed by atoms with E-state index in [9.17, 15) is 9.90 Å². The molecule has 0 atom stereocenters. The predicted octanol–water partition coefficient (Wildman–Crippen LogP) is 0.416. The summed E-state index contributed by atoms with van der Waals surface area (Å²) in [5.41, 5.74) is 0.631. The molecule has 2 heterocycles. The lowest BCUT2D eigenvalue weighted by molar-refractivity contribution is 0.0933. The molecule has 1 amide bonds. The van der Waals surface area contributed by atoms with Crippen molar-refractivity contribution in [3.63, 3.8) is 0 Å². The molecule has 0 bridgehead atoms. The average Bonchev–Trinajstić information content (AvgIpc) is 2.75. The van der Waals surface area contributed by atoms with Crippen LogP contribution < -0.4 is 5.32 Å². The molecule has 0 spiro atoms. The van der Waals surface area contributed by atoms with Crippen LogP contribution in [0.3, 0.4) is 0 Å². The van der Waals surface area contributed by atoms with Crippen LogP contribution in [0.25, 0.3) is 5.65 Å². The zero-order valence-corrected chi connectivity index (χ0v) is 9.38. The third-order valence-corrected chi connectivity index (χ3v) is 2.29. The maximum absolute atomic E-state index is 11.7. The minimum absolute atomic E-state index is 0.0449. The van der Waals surface area contributed by atoms with Gasteiger partial charge in [0.05, 0.1) is 6.61 Å². The van der Waals surface area contributed by atoms with Gasteiger partial charge >= 0.3 is 0 Å². The lowest BCUT2D eigenvalue weighted by atomic mass is 10.4. The largest absolute Gasteiger partial charge is 0.504 e. The van der Waals surface area contributed by atoms with Crippen LogP contribution in [-0.4, -0.2) is 40.7 Å². The number of ether oxygens (including phenoxy) is 1. The van der Waals surface area contributed by atoms with Crippen molar-refractivity contribution in [1.29, 1.82) is 0 Å². The Morgan fingerprint density at radius 2 is 2.47 bits per heavy atom. The van der Waals surface area contributed by atoms with Crippen molar-refractivity contribution in [3.05, 3.63) is 30.2 Å². The second-order valence-corrected chi connectivity index (χ2v) is 3.50. The number of imidazole rings is 1. The highest BCUT2D eigenvalue weighted by Gasteiger charge is 2.11. The monoisotopic (exact) mass is 235 g/mol. The number of methoxy groups -OCH3 is 1. The zero-order valence-electron chi connectivity index (χ0n) is 9.38. The summed E-state index contributed by atoms with van der Waals surface area (Å²) in [4.78, 5) is 15.7. The van der Waals surface area contributed by atoms with Gasteiger partial charge in [0, 0.05) is 26.0 Å². The highest BCUT2D eigenvalue weighted by atomic mass is 16.5. The van der Waals surface area contributed by atoms with Gasteiger partial charge in [-0.15, -0.1) is 0 Å². The summed E-state index contributed by atoms with van der Waals surface area (Å²) < 4.78 is 6.42. The SMILES string of the molecule is COCCNC(=O)c1cn2cccc(O)c2n1. The van der Waals surface area contributed by atoms with E-state index >= 15 is 0 Å². The van der Waals surface area contributed by atoms with Crippen LogP contribution in [0.1, 0.15) is 10.5 Å². The van der Waals surface area contributed by atoms with Crippen LogP contribution in [-0.2, 0) is 4.74 Å². The highest BCUT2D eigenvalue weighted by Crippen LogP contribution is 2.16. The first kappa shape index (κ1) is 11.4. The molecular formula is C11H13N3O3. The Bertz CT molecular complexity index is 536. The molecular weight excluding hydrogens is 222 g/mol. The molecule has 0 saturated heterocycles. The van der Waals surface area contributed by atoms with Crippen molar-refractivity contribution in [1.82, 2.24) is 14.7 Å². The van der Waals surface area contributed by atoms with Crippen LogP contribution in [0, 0.1) is 0 Å². The molecule has 0 radical (unpaired) electrons. The molecule has 90 valence electrons. The topological polar surface area (TPSA) is 75.9 Å². The van der Waals surface area contributed by atoms with Crippen LogP contribution in [0.2, 0.25) is 0 Å². The summed E-state index contributed by atoms with van der Waals surface area (Å²) in [7, 11) is 1.56. The second kappa shape index (κ2) is 4.84. The number of nitrogens with one attached hydrogen (secondary N) is 1. The molecule has 0 aliphatic rings. The van der Waals surface area contributed by atoms with E-state index in [1.807, 2.05) is 0 Å². The fourth-order valence-electron chi connectivity index (χ4n) is 1.46. The van der Waals surface area contributed by atoms with Gasteiger partial charge in [-0.1, -0.05) is 0 Å². The minimum atomic E-state index is -0.287. The summed E-state index contributed by atoms with van der Waals surface area (Å²) in [5.74, 6) is -0.242. The van der Waals surface area contributed by atoms with Gasteiger partial charge in [-0.3, -0.25) is 4.79 Å². The first-order valence-corrected chi connectivity index (χ1v) is 5.16. The Hall–Kier alpha value is -2.08. The van der Waals surface area contributed by atoms with Crippen LogP contribution in [0.5, 0.6) is 5.75 Å². The van der Waals surface area contributed by atoms with Crippen molar-refractivity contribution >= 4 is 11.6 Å². The number of pyridine rings is 1. The fraction of sp³-hybridized carbons (Fsp3) is 0.273. The fourth-order valence-corrected chi connectivity index (χ4v) is 1.46. The number of rotatable bonds is 4. The maximum Gasteiger partial charge on any atom is 0.271 e. The predicted molar refractivity (Wildman–Crippen MR) is 61.1 cm³/mol. The molecule has 2 aromatic heterocycles. The number of carbonyl (C=O) groups excluding carboxylic acids is 1. The first-order valence-electron chi connectivity index (χ1n) is 5.16. The van der Waals surface area contributed by atoms with Crippen molar-refractivity contribution in [3.8, 4) is 5.75 Å². The van der Waals surface area contributed by atoms with Gasteiger partial charge in [0.25, 0.3) is 5.91 Å². The van der Waals surface area contributed by atoms with Crippen LogP contribution in [0.15, 0.2) is 24.5 Å². The van der Waals surface area contributed by atoms with Crippen molar-refractivity contribution in [2.75, 3.05) is 20.3 Å². The van der Waals surface area contributed by atoms with E-state index in [1.165, 1.54) is 6.07 Å². The van der Waals surface area contributed by atoms with Gasteiger partial charge in [-0.2, -0.15) is 0 Å². The molecule has 6 nitrogen and oxygen atoms in total. The first-order chi connectivity index (χ1) is 8.22. The Morgan fingerprint density at radius 3 is 3.18 bits per heavy atom. The van der Waals surface area contributed by atoms with Gasteiger partial charge in [-0.05, 0) is 12.1 Å². The Kier molecular flexibility index (Phi) is 3.24. The Labute approximate surface area is 97.8 Å². The third-order valence-electron chi connectivity index (χ3n) is 2.29. The molecule has 2 N–H and O–H groups in total. The lowest BCUT2D eigenvalue weighted by Gasteiger charge is -2.00. The number of amides is 1. The second-order valence-electron chi connectivity index (χ2n) is 3.50. The van der Waals surface area contributed by atoms with Crippen molar-refractivity contribution < 1.29 is 14.6 Å². The normalized spacial score (nSPS) is 10.6. The number of fused-ring (bicyclic) bond motifs is 1. The molecule has 0 unspecified atom stereocenters. The average molecular weight is 235 g/mol. The Balaban J connectivity index is 2.19. The van der Waals surface area contributed by atoms with Crippen LogP contribution >= 0.6 is 0 Å². The molecule has 0 aliphatic heterocycles. The highest BCUT2D eigenvalue weighted by molar-refractivity contribution is 5.93. The molecule has 0 fully saturated rings. The maximum atomic E-state index is 11.7. The summed E-state index contributed by atoms with van der Waals surface area (Å²) in [5, 5.41) is 12.2. The standard InChI is InChI=1S/C11H13N3O3/c1-17-6-4-12-11(16)8-7-14-5-2-3-9(15)10(14)13-8/h2-3,5,7,15H,4,6H2,1H3,(H,12,16). The molecule has 0 aromatic carbocycles. The molecule has 2 rings (SSSR count). The summed E-state index contributed by atoms with van der Waals surface area (Å²) in [6.07, 6.45) is 3.28. The van der Waals surface area contributed by atoms with E-state index in [2.05, 4.69) is 10.3 Å². The zero-order chi connectivity index (χ0) is 12.3. The number of aromatic nitrogens is 2. The number of hydrogen-bond donors (Lipinski definition) is 2. The van der Waals surface area contributed by atoms with Gasteiger partial charge in [0.15, 0.2) is 11.4 Å². The molecule has 17 heavy (non-hydrogen) atoms. The van der Waals surface area contributed by atoms with E-state index < -0.39 is 0 Å². The van der Waals surface area contributed by atoms with E-state index in [0.29, 0.717) is 18.8 Å². The third kappa shape index (κ3) is 2.36. The van der Waals surface area contributed by atoms with Gasteiger partial charge < -0.3 is 19.6 Å². The minimum Gasteiger partial charge on any atom is -0.504 e. The van der Waals surface area contributed by atoms with Crippen LogP contribution in [0.4, 0.5) is 0 Å². The van der Waals surface area contributed by atoms with Gasteiger partial charge in [0.2, 0.25) is 0 Å². The summed E-state index contributed by atoms with van der Waals surface area (Å²) in [6, 6.07) is 3.20. The molecule has 6 heteroatoms. The van der Waals surface area contributed by atoms with Crippen molar-refractivity contribution in [2.24, 2.45) is 0 Å². The molecule has 0 aliphatic carbocycles. The van der Waals surface area contributed by atoms with Gasteiger partial charge in [0.1, 0.15) is 5.69 Å². The van der Waals surface area contributed by atoms with E-state index in [0.717, 1.165) is 0 Å². The molecule has 2 aromatic rings. The lowest BCUT2D eigenvalue weighted by Crippen LogP contribution is -2.27. The summed E-state index contributed by atoms with van der Waals surface area (Å²) in [6.45, 7) is 0.875. The van der Waals surface area contributed by atoms with E-state index in [4.69, 9.17) is 4.74 Å². The summed E-state index contributed by atoms with van der Waals surface area (Å²) >= 11 is 0. The Morgan fingerprint density at radius 1 is 1.65 bits per heavy atom. The number of aromatic hydroxyl groups is 1. The van der Waals surface area contributed by atoms with Gasteiger partial charge in [-0.25, -0.2) is 4.98 Å². The van der Waals surface area contributed by atoms with E-state index in [1.54, 1.807) is 30.0 Å². The van der Waals surface area contributed by atoms with Crippen molar-refractivity contribution in [2.45, 2.75) is 0 Å². The molecule has 0 saturated carbocycles. The quantitative estimate of drug-likeness (QED) is 0.753. The number of nitrogens with zero attached hydrogens (tertiary/aromatic N) is 2. The number of hydrogen-bond acceptors (Lipinski definition) is 4. The number of carbonyl (C=O) groups is 1. The smallest absolute Gasteiger partial charge is 0.271 e.